The van der Waals surface area contributed by atoms with Crippen LogP contribution in [0.3, 0.4) is 0 Å². The molecule has 0 aliphatic rings. The molecule has 0 N–H and O–H groups in total. The van der Waals surface area contributed by atoms with Gasteiger partial charge in [0.15, 0.2) is 0 Å². The van der Waals surface area contributed by atoms with E-state index in [-0.39, 0.29) is 0 Å². The van der Waals surface area contributed by atoms with Gasteiger partial charge in [0.25, 0.3) is 0 Å². The molecule has 0 saturated heterocycles. The van der Waals surface area contributed by atoms with E-state index in [9.17, 15) is 0 Å². The number of thioether (sulfide) groups is 1. The van der Waals surface area contributed by atoms with E-state index in [1.807, 2.05) is 24.3 Å². The van der Waals surface area contributed by atoms with Crippen molar-refractivity contribution in [2.24, 2.45) is 5.10 Å². The normalized spacial score (nSPS) is 11.3. The van der Waals surface area contributed by atoms with Crippen LogP contribution < -0.4 is 0 Å². The highest BCUT2D eigenvalue weighted by atomic mass is 35.5. The molecule has 0 radical (unpaired) electrons. The van der Waals surface area contributed by atoms with Crippen LogP contribution in [-0.4, -0.2) is 21.1 Å². The summed E-state index contributed by atoms with van der Waals surface area (Å²) in [5.74, 6) is 0.676. The summed E-state index contributed by atoms with van der Waals surface area (Å²) in [4.78, 5) is 0. The molecular weight excluding hydrogens is 387 g/mol. The molecule has 0 atom stereocenters. The van der Waals surface area contributed by atoms with Gasteiger partial charge in [-0.2, -0.15) is 9.78 Å². The average Bonchev–Trinajstić information content (AvgIpc) is 3.01. The van der Waals surface area contributed by atoms with Crippen LogP contribution >= 0.6 is 46.6 Å². The van der Waals surface area contributed by atoms with Crippen LogP contribution in [0.15, 0.2) is 59.0 Å². The zero-order valence-corrected chi connectivity index (χ0v) is 15.3. The van der Waals surface area contributed by atoms with Crippen LogP contribution in [0.5, 0.6) is 0 Å². The van der Waals surface area contributed by atoms with Gasteiger partial charge in [0.05, 0.1) is 11.2 Å². The van der Waals surface area contributed by atoms with E-state index in [2.05, 4.69) is 15.3 Å². The second-order valence-electron chi connectivity index (χ2n) is 4.75. The lowest BCUT2D eigenvalue weighted by Crippen LogP contribution is -1.93. The van der Waals surface area contributed by atoms with Crippen molar-refractivity contribution in [2.75, 3.05) is 0 Å². The van der Waals surface area contributed by atoms with Gasteiger partial charge in [-0.1, -0.05) is 70.8 Å². The molecule has 4 nitrogen and oxygen atoms in total. The highest BCUT2D eigenvalue weighted by molar-refractivity contribution is 7.98. The molecule has 0 amide bonds. The molecule has 0 spiro atoms. The molecule has 3 rings (SSSR count). The third-order valence-electron chi connectivity index (χ3n) is 3.10. The number of hydrogen-bond acceptors (Lipinski definition) is 4. The molecule has 0 aliphatic carbocycles. The van der Waals surface area contributed by atoms with Crippen molar-refractivity contribution in [2.45, 2.75) is 10.9 Å². The molecule has 1 aromatic heterocycles. The van der Waals surface area contributed by atoms with Crippen LogP contribution in [0, 0.1) is 0 Å². The largest absolute Gasteiger partial charge is 0.212 e. The standard InChI is InChI=1S/C16H11Cl3N4S/c17-13-6-5-11(15(19)7-13)8-21-23-10-20-22-16(23)24-9-12-3-1-2-4-14(12)18/h1-8,10H,9H2/b21-8+. The monoisotopic (exact) mass is 396 g/mol. The summed E-state index contributed by atoms with van der Waals surface area (Å²) < 4.78 is 1.59. The van der Waals surface area contributed by atoms with Crippen molar-refractivity contribution in [3.8, 4) is 0 Å². The van der Waals surface area contributed by atoms with Crippen LogP contribution in [0.4, 0.5) is 0 Å². The van der Waals surface area contributed by atoms with E-state index < -0.39 is 0 Å². The van der Waals surface area contributed by atoms with Gasteiger partial charge in [0, 0.05) is 21.4 Å². The maximum absolute atomic E-state index is 6.16. The number of rotatable bonds is 5. The summed E-state index contributed by atoms with van der Waals surface area (Å²) in [5.41, 5.74) is 1.79. The number of aromatic nitrogens is 3. The summed E-state index contributed by atoms with van der Waals surface area (Å²) in [7, 11) is 0. The highest BCUT2D eigenvalue weighted by Gasteiger charge is 2.07. The fourth-order valence-electron chi connectivity index (χ4n) is 1.88. The number of benzene rings is 2. The SMILES string of the molecule is Clc1ccc(/C=N/n2cnnc2SCc2ccccc2Cl)c(Cl)c1. The molecular formula is C16H11Cl3N4S. The lowest BCUT2D eigenvalue weighted by Gasteiger charge is -2.03. The van der Waals surface area contributed by atoms with Gasteiger partial charge in [-0.25, -0.2) is 0 Å². The van der Waals surface area contributed by atoms with Gasteiger partial charge in [-0.05, 0) is 23.8 Å². The molecule has 0 fully saturated rings. The molecule has 0 unspecified atom stereocenters. The first-order valence-corrected chi connectivity index (χ1v) is 9.01. The number of nitrogens with zero attached hydrogens (tertiary/aromatic N) is 4. The van der Waals surface area contributed by atoms with E-state index in [0.29, 0.717) is 21.0 Å². The van der Waals surface area contributed by atoms with Gasteiger partial charge >= 0.3 is 0 Å². The van der Waals surface area contributed by atoms with Crippen LogP contribution in [0.1, 0.15) is 11.1 Å². The smallest absolute Gasteiger partial charge is 0.195 e. The summed E-state index contributed by atoms with van der Waals surface area (Å²) in [6, 6.07) is 12.9. The van der Waals surface area contributed by atoms with Crippen molar-refractivity contribution in [1.29, 1.82) is 0 Å². The average molecular weight is 398 g/mol. The van der Waals surface area contributed by atoms with E-state index in [0.717, 1.165) is 16.1 Å². The maximum Gasteiger partial charge on any atom is 0.212 e. The first-order valence-electron chi connectivity index (χ1n) is 6.89. The molecule has 3 aromatic rings. The van der Waals surface area contributed by atoms with Crippen molar-refractivity contribution < 1.29 is 0 Å². The zero-order valence-electron chi connectivity index (χ0n) is 12.2. The third kappa shape index (κ3) is 4.30. The Bertz CT molecular complexity index is 879. The minimum absolute atomic E-state index is 0.532. The first-order chi connectivity index (χ1) is 11.6. The Kier molecular flexibility index (Phi) is 5.79. The minimum Gasteiger partial charge on any atom is -0.195 e. The van der Waals surface area contributed by atoms with Crippen molar-refractivity contribution in [1.82, 2.24) is 14.9 Å². The summed E-state index contributed by atoms with van der Waals surface area (Å²) >= 11 is 19.7. The highest BCUT2D eigenvalue weighted by Crippen LogP contribution is 2.25. The molecule has 0 bridgehead atoms. The van der Waals surface area contributed by atoms with E-state index >= 15 is 0 Å². The second-order valence-corrected chi connectivity index (χ2v) is 6.94. The predicted octanol–water partition coefficient (Wildman–Crippen LogP) is 5.41. The molecule has 1 heterocycles. The molecule has 8 heteroatoms. The molecule has 24 heavy (non-hydrogen) atoms. The van der Waals surface area contributed by atoms with Gasteiger partial charge < -0.3 is 0 Å². The third-order valence-corrected chi connectivity index (χ3v) is 5.01. The Morgan fingerprint density at radius 2 is 1.92 bits per heavy atom. The minimum atomic E-state index is 0.532. The van der Waals surface area contributed by atoms with E-state index in [4.69, 9.17) is 34.8 Å². The van der Waals surface area contributed by atoms with Crippen LogP contribution in [-0.2, 0) is 5.75 Å². The second kappa shape index (κ2) is 8.03. The Hall–Kier alpha value is -1.53. The quantitative estimate of drug-likeness (QED) is 0.427. The van der Waals surface area contributed by atoms with Crippen molar-refractivity contribution >= 4 is 52.8 Å². The lowest BCUT2D eigenvalue weighted by molar-refractivity contribution is 0.767. The zero-order chi connectivity index (χ0) is 16.9. The predicted molar refractivity (Wildman–Crippen MR) is 100 cm³/mol. The van der Waals surface area contributed by atoms with Gasteiger partial charge in [0.2, 0.25) is 5.16 Å². The van der Waals surface area contributed by atoms with Crippen molar-refractivity contribution in [3.05, 3.63) is 75.0 Å². The molecule has 122 valence electrons. The van der Waals surface area contributed by atoms with Gasteiger partial charge in [0.1, 0.15) is 6.33 Å². The summed E-state index contributed by atoms with van der Waals surface area (Å²) in [6.07, 6.45) is 3.18. The van der Waals surface area contributed by atoms with Crippen molar-refractivity contribution in [3.63, 3.8) is 0 Å². The van der Waals surface area contributed by atoms with Gasteiger partial charge in [-0.3, -0.25) is 0 Å². The van der Waals surface area contributed by atoms with Crippen LogP contribution in [0.25, 0.3) is 0 Å². The number of halogens is 3. The molecule has 0 saturated carbocycles. The van der Waals surface area contributed by atoms with Gasteiger partial charge in [-0.15, -0.1) is 10.2 Å². The Labute approximate surface area is 158 Å². The number of hydrogen-bond donors (Lipinski definition) is 0. The maximum atomic E-state index is 6.16. The fourth-order valence-corrected chi connectivity index (χ4v) is 3.49. The molecule has 0 aliphatic heterocycles. The van der Waals surface area contributed by atoms with E-state index in [1.165, 1.54) is 18.1 Å². The van der Waals surface area contributed by atoms with Crippen LogP contribution in [0.2, 0.25) is 15.1 Å². The Morgan fingerprint density at radius 3 is 2.71 bits per heavy atom. The van der Waals surface area contributed by atoms with E-state index in [1.54, 1.807) is 29.1 Å². The topological polar surface area (TPSA) is 43.1 Å². The Balaban J connectivity index is 1.73. The first kappa shape index (κ1) is 17.3. The summed E-state index contributed by atoms with van der Waals surface area (Å²) in [5, 5.41) is 14.8. The lowest BCUT2D eigenvalue weighted by atomic mass is 10.2. The Morgan fingerprint density at radius 1 is 1.08 bits per heavy atom. The summed E-state index contributed by atoms with van der Waals surface area (Å²) in [6.45, 7) is 0. The fraction of sp³-hybridized carbons (Fsp3) is 0.0625. The molecule has 2 aromatic carbocycles.